The van der Waals surface area contributed by atoms with Crippen LogP contribution in [0.2, 0.25) is 5.15 Å². The zero-order valence-corrected chi connectivity index (χ0v) is 21.1. The third kappa shape index (κ3) is 5.12. The van der Waals surface area contributed by atoms with E-state index in [1.54, 1.807) is 19.4 Å². The second-order valence-electron chi connectivity index (χ2n) is 8.46. The fourth-order valence-corrected chi connectivity index (χ4v) is 4.31. The number of nitrogens with two attached hydrogens (primary N) is 1. The number of halogens is 1. The van der Waals surface area contributed by atoms with Gasteiger partial charge in [0.2, 0.25) is 5.95 Å². The summed E-state index contributed by atoms with van der Waals surface area (Å²) in [5.41, 5.74) is 9.34. The highest BCUT2D eigenvalue weighted by Gasteiger charge is 2.37. The Labute approximate surface area is 217 Å². The number of methoxy groups -OCH3 is 1. The average Bonchev–Trinajstić information content (AvgIpc) is 3.43. The maximum atomic E-state index is 13.6. The Balaban J connectivity index is 1.69. The molecule has 4 rings (SSSR count). The van der Waals surface area contributed by atoms with E-state index in [-0.39, 0.29) is 41.1 Å². The number of amides is 2. The highest BCUT2D eigenvalue weighted by atomic mass is 35.5. The monoisotopic (exact) mass is 527 g/mol. The van der Waals surface area contributed by atoms with Gasteiger partial charge < -0.3 is 31.0 Å². The van der Waals surface area contributed by atoms with Crippen LogP contribution in [0.25, 0.3) is 11.6 Å². The summed E-state index contributed by atoms with van der Waals surface area (Å²) in [7, 11) is 1.57. The Morgan fingerprint density at radius 3 is 2.84 bits per heavy atom. The molecule has 0 aliphatic carbocycles. The van der Waals surface area contributed by atoms with Crippen molar-refractivity contribution in [2.45, 2.75) is 26.5 Å². The van der Waals surface area contributed by atoms with Crippen LogP contribution >= 0.6 is 11.6 Å². The molecule has 0 saturated carbocycles. The number of nitrogens with one attached hydrogen (secondary N) is 2. The number of fused-ring (bicyclic) bond motifs is 1. The molecule has 194 valence electrons. The Morgan fingerprint density at radius 1 is 1.38 bits per heavy atom. The zero-order valence-electron chi connectivity index (χ0n) is 20.4. The summed E-state index contributed by atoms with van der Waals surface area (Å²) in [4.78, 5) is 43.1. The highest BCUT2D eigenvalue weighted by Crippen LogP contribution is 2.41. The van der Waals surface area contributed by atoms with Crippen molar-refractivity contribution < 1.29 is 24.5 Å². The predicted octanol–water partition coefficient (Wildman–Crippen LogP) is 1.23. The topological polar surface area (TPSA) is 180 Å². The molecule has 0 radical (unpaired) electrons. The first-order valence-corrected chi connectivity index (χ1v) is 11.6. The molecule has 3 aromatic heterocycles. The van der Waals surface area contributed by atoms with Crippen molar-refractivity contribution in [2.24, 2.45) is 0 Å². The minimum absolute atomic E-state index is 0.0123. The molecule has 13 heteroatoms. The SMILES string of the molecule is COc1c(C)cnc(CN2C(=O)/C(=C\c3cc(C(=O)NCC(O)CO)c[nH]3)c3c(Cl)nc(N)nc32)c1C. The number of rotatable bonds is 8. The minimum atomic E-state index is -1.07. The molecule has 1 aliphatic heterocycles. The van der Waals surface area contributed by atoms with Gasteiger partial charge in [0.15, 0.2) is 5.82 Å². The smallest absolute Gasteiger partial charge is 0.260 e. The Bertz CT molecular complexity index is 1400. The molecule has 1 atom stereocenters. The van der Waals surface area contributed by atoms with Crippen molar-refractivity contribution in [3.63, 3.8) is 0 Å². The first-order chi connectivity index (χ1) is 17.6. The van der Waals surface area contributed by atoms with E-state index in [4.69, 9.17) is 27.2 Å². The standard InChI is InChI=1S/C24H26ClN7O5/c1-11-6-28-17(12(2)19(11)37-3)9-32-21-18(20(25)30-24(26)31-21)16(23(32)36)5-14-4-13(7-27-14)22(35)29-8-15(34)10-33/h4-7,15,27,33-34H,8-10H2,1-3H3,(H,29,35)(H2,26,30,31)/b16-5-. The number of aliphatic hydroxyl groups excluding tert-OH is 2. The number of aromatic nitrogens is 4. The van der Waals surface area contributed by atoms with Gasteiger partial charge in [-0.2, -0.15) is 4.98 Å². The van der Waals surface area contributed by atoms with Crippen molar-refractivity contribution in [1.82, 2.24) is 25.3 Å². The van der Waals surface area contributed by atoms with Gasteiger partial charge >= 0.3 is 0 Å². The summed E-state index contributed by atoms with van der Waals surface area (Å²) in [5.74, 6) is -0.0205. The van der Waals surface area contributed by atoms with Gasteiger partial charge in [0.1, 0.15) is 10.9 Å². The number of carbonyl (C=O) groups is 2. The van der Waals surface area contributed by atoms with E-state index in [1.165, 1.54) is 17.2 Å². The highest BCUT2D eigenvalue weighted by molar-refractivity contribution is 6.41. The Morgan fingerprint density at radius 2 is 2.14 bits per heavy atom. The lowest BCUT2D eigenvalue weighted by atomic mass is 10.1. The largest absolute Gasteiger partial charge is 0.496 e. The second-order valence-corrected chi connectivity index (χ2v) is 8.81. The van der Waals surface area contributed by atoms with E-state index in [1.807, 2.05) is 13.8 Å². The van der Waals surface area contributed by atoms with Crippen LogP contribution in [-0.4, -0.2) is 68.3 Å². The minimum Gasteiger partial charge on any atom is -0.496 e. The van der Waals surface area contributed by atoms with Crippen LogP contribution in [0.4, 0.5) is 11.8 Å². The van der Waals surface area contributed by atoms with E-state index < -0.39 is 24.5 Å². The van der Waals surface area contributed by atoms with Crippen molar-refractivity contribution in [1.29, 1.82) is 0 Å². The summed E-state index contributed by atoms with van der Waals surface area (Å²) in [6.45, 7) is 3.25. The maximum absolute atomic E-state index is 13.6. The molecular formula is C24H26ClN7O5. The summed E-state index contributed by atoms with van der Waals surface area (Å²) in [6, 6.07) is 1.53. The van der Waals surface area contributed by atoms with Gasteiger partial charge in [-0.25, -0.2) is 4.98 Å². The number of anilines is 2. The molecule has 0 aromatic carbocycles. The number of hydrogen-bond acceptors (Lipinski definition) is 9. The fraction of sp³-hybridized carbons (Fsp3) is 0.292. The quantitative estimate of drug-likeness (QED) is 0.213. The first kappa shape index (κ1) is 26.1. The van der Waals surface area contributed by atoms with Crippen LogP contribution < -0.4 is 20.7 Å². The molecule has 0 fully saturated rings. The maximum Gasteiger partial charge on any atom is 0.260 e. The van der Waals surface area contributed by atoms with E-state index in [0.717, 1.165) is 11.1 Å². The molecule has 0 saturated heterocycles. The summed E-state index contributed by atoms with van der Waals surface area (Å²) >= 11 is 6.40. The van der Waals surface area contributed by atoms with E-state index in [0.29, 0.717) is 22.7 Å². The number of aryl methyl sites for hydroxylation is 1. The number of nitrogen functional groups attached to an aromatic ring is 1. The molecule has 4 heterocycles. The molecule has 12 nitrogen and oxygen atoms in total. The third-order valence-corrected chi connectivity index (χ3v) is 6.17. The lowest BCUT2D eigenvalue weighted by Crippen LogP contribution is -2.33. The van der Waals surface area contributed by atoms with Crippen LogP contribution in [-0.2, 0) is 11.3 Å². The molecule has 2 amide bonds. The molecule has 37 heavy (non-hydrogen) atoms. The van der Waals surface area contributed by atoms with Gasteiger partial charge in [0.05, 0.1) is 48.8 Å². The normalized spacial score (nSPS) is 14.7. The van der Waals surface area contributed by atoms with E-state index >= 15 is 0 Å². The lowest BCUT2D eigenvalue weighted by Gasteiger charge is -2.19. The number of H-pyrrole nitrogens is 1. The number of hydrogen-bond donors (Lipinski definition) is 5. The predicted molar refractivity (Wildman–Crippen MR) is 137 cm³/mol. The van der Waals surface area contributed by atoms with Crippen LogP contribution in [0.15, 0.2) is 18.5 Å². The van der Waals surface area contributed by atoms with E-state index in [9.17, 15) is 14.7 Å². The number of aliphatic hydroxyl groups is 2. The Kier molecular flexibility index (Phi) is 7.43. The molecule has 6 N–H and O–H groups in total. The average molecular weight is 528 g/mol. The molecule has 0 bridgehead atoms. The van der Waals surface area contributed by atoms with Crippen LogP contribution in [0.1, 0.15) is 38.4 Å². The molecule has 1 unspecified atom stereocenters. The van der Waals surface area contributed by atoms with Crippen LogP contribution in [0, 0.1) is 13.8 Å². The van der Waals surface area contributed by atoms with Crippen LogP contribution in [0.3, 0.4) is 0 Å². The van der Waals surface area contributed by atoms with Gasteiger partial charge in [-0.3, -0.25) is 19.5 Å². The van der Waals surface area contributed by atoms with Crippen molar-refractivity contribution in [3.8, 4) is 5.75 Å². The second kappa shape index (κ2) is 10.5. The molecule has 1 aliphatic rings. The number of aromatic amines is 1. The fourth-order valence-electron chi connectivity index (χ4n) is 4.03. The molecule has 3 aromatic rings. The van der Waals surface area contributed by atoms with Gasteiger partial charge in [-0.05, 0) is 26.0 Å². The van der Waals surface area contributed by atoms with Gasteiger partial charge in [-0.15, -0.1) is 0 Å². The number of ether oxygens (including phenoxy) is 1. The number of pyridine rings is 1. The van der Waals surface area contributed by atoms with Gasteiger partial charge in [-0.1, -0.05) is 11.6 Å². The van der Waals surface area contributed by atoms with Crippen molar-refractivity contribution in [2.75, 3.05) is 30.9 Å². The Hall–Kier alpha value is -4.00. The van der Waals surface area contributed by atoms with Crippen LogP contribution in [0.5, 0.6) is 5.75 Å². The third-order valence-electron chi connectivity index (χ3n) is 5.90. The summed E-state index contributed by atoms with van der Waals surface area (Å²) in [5, 5.41) is 20.9. The first-order valence-electron chi connectivity index (χ1n) is 11.3. The number of carbonyl (C=O) groups excluding carboxylic acids is 2. The van der Waals surface area contributed by atoms with Crippen molar-refractivity contribution >= 4 is 46.8 Å². The number of nitrogens with zero attached hydrogens (tertiary/aromatic N) is 4. The summed E-state index contributed by atoms with van der Waals surface area (Å²) in [6.07, 6.45) is 3.61. The van der Waals surface area contributed by atoms with Crippen molar-refractivity contribution in [3.05, 3.63) is 57.3 Å². The lowest BCUT2D eigenvalue weighted by molar-refractivity contribution is -0.113. The molecule has 0 spiro atoms. The summed E-state index contributed by atoms with van der Waals surface area (Å²) < 4.78 is 5.49. The van der Waals surface area contributed by atoms with Gasteiger partial charge in [0, 0.05) is 35.8 Å². The van der Waals surface area contributed by atoms with E-state index in [2.05, 4.69) is 25.3 Å². The molecular weight excluding hydrogens is 502 g/mol. The van der Waals surface area contributed by atoms with Gasteiger partial charge in [0.25, 0.3) is 11.8 Å². The zero-order chi connectivity index (χ0) is 26.9.